The van der Waals surface area contributed by atoms with E-state index in [1.807, 2.05) is 0 Å². The topological polar surface area (TPSA) is 89.3 Å². The van der Waals surface area contributed by atoms with Gasteiger partial charge in [-0.25, -0.2) is 8.42 Å². The highest BCUT2D eigenvalue weighted by atomic mass is 32.2. The predicted octanol–water partition coefficient (Wildman–Crippen LogP) is 0.318. The summed E-state index contributed by atoms with van der Waals surface area (Å²) < 4.78 is 22.3. The number of nitrogens with two attached hydrogens (primary N) is 1. The minimum Gasteiger partial charge on any atom is -0.398 e. The Morgan fingerprint density at radius 3 is 2.53 bits per heavy atom. The zero-order valence-electron chi connectivity index (χ0n) is 9.80. The molecule has 0 aliphatic carbocycles. The average molecular weight is 256 g/mol. The molecule has 0 aliphatic rings. The van der Waals surface area contributed by atoms with Crippen molar-refractivity contribution in [1.29, 1.82) is 0 Å². The zero-order chi connectivity index (χ0) is 13.1. The van der Waals surface area contributed by atoms with Crippen LogP contribution in [0.2, 0.25) is 0 Å². The van der Waals surface area contributed by atoms with Gasteiger partial charge in [-0.1, -0.05) is 18.2 Å². The highest BCUT2D eigenvalue weighted by Crippen LogP contribution is 2.10. The molecule has 1 aromatic carbocycles. The molecule has 1 atom stereocenters. The second kappa shape index (κ2) is 5.18. The third-order valence-corrected chi connectivity index (χ3v) is 4.02. The lowest BCUT2D eigenvalue weighted by Gasteiger charge is -2.11. The molecule has 1 rings (SSSR count). The maximum absolute atomic E-state index is 11.5. The quantitative estimate of drug-likeness (QED) is 0.759. The van der Waals surface area contributed by atoms with Crippen molar-refractivity contribution in [1.82, 2.24) is 5.32 Å². The molecular formula is C11H16N2O3S. The molecule has 0 bridgehead atoms. The summed E-state index contributed by atoms with van der Waals surface area (Å²) in [5.74, 6) is -0.518. The van der Waals surface area contributed by atoms with Crippen LogP contribution in [-0.2, 0) is 21.2 Å². The number of sulfone groups is 1. The Hall–Kier alpha value is -1.56. The monoisotopic (exact) mass is 256 g/mol. The summed E-state index contributed by atoms with van der Waals surface area (Å²) in [6.45, 7) is 1.59. The lowest BCUT2D eigenvalue weighted by atomic mass is 10.2. The van der Waals surface area contributed by atoms with E-state index in [1.54, 1.807) is 24.3 Å². The number of benzene rings is 1. The van der Waals surface area contributed by atoms with E-state index in [2.05, 4.69) is 5.32 Å². The molecule has 0 spiro atoms. The molecule has 6 heteroatoms. The van der Waals surface area contributed by atoms with E-state index in [4.69, 9.17) is 5.73 Å². The lowest BCUT2D eigenvalue weighted by molar-refractivity contribution is -0.120. The fourth-order valence-electron chi connectivity index (χ4n) is 1.22. The summed E-state index contributed by atoms with van der Waals surface area (Å²) in [4.78, 5) is 11.5. The van der Waals surface area contributed by atoms with E-state index in [9.17, 15) is 13.2 Å². The van der Waals surface area contributed by atoms with Gasteiger partial charge in [-0.3, -0.25) is 4.79 Å². The van der Waals surface area contributed by atoms with Gasteiger partial charge in [-0.15, -0.1) is 0 Å². The first-order valence-electron chi connectivity index (χ1n) is 5.12. The number of amides is 1. The number of anilines is 1. The van der Waals surface area contributed by atoms with Crippen molar-refractivity contribution in [2.24, 2.45) is 0 Å². The third-order valence-electron chi connectivity index (χ3n) is 2.52. The summed E-state index contributed by atoms with van der Waals surface area (Å²) in [7, 11) is -3.36. The van der Waals surface area contributed by atoms with Crippen LogP contribution in [0.25, 0.3) is 0 Å². The molecule has 0 aliphatic heterocycles. The number of rotatable bonds is 4. The van der Waals surface area contributed by atoms with Gasteiger partial charge in [-0.2, -0.15) is 0 Å². The summed E-state index contributed by atoms with van der Waals surface area (Å²) in [5.41, 5.74) is 7.03. The Labute approximate surface area is 101 Å². The molecule has 1 unspecified atom stereocenters. The van der Waals surface area contributed by atoms with Crippen LogP contribution in [-0.4, -0.2) is 25.8 Å². The second-order valence-corrected chi connectivity index (χ2v) is 6.25. The van der Waals surface area contributed by atoms with E-state index in [0.717, 1.165) is 11.8 Å². The molecule has 0 radical (unpaired) electrons. The Kier molecular flexibility index (Phi) is 4.11. The normalized spacial score (nSPS) is 13.1. The van der Waals surface area contributed by atoms with E-state index in [1.165, 1.54) is 6.92 Å². The van der Waals surface area contributed by atoms with Gasteiger partial charge in [0.15, 0.2) is 9.84 Å². The first-order chi connectivity index (χ1) is 7.82. The first-order valence-corrected chi connectivity index (χ1v) is 7.08. The van der Waals surface area contributed by atoms with Gasteiger partial charge >= 0.3 is 0 Å². The minimum absolute atomic E-state index is 0.228. The van der Waals surface area contributed by atoms with E-state index in [-0.39, 0.29) is 6.54 Å². The van der Waals surface area contributed by atoms with Crippen LogP contribution in [0.15, 0.2) is 24.3 Å². The van der Waals surface area contributed by atoms with Crippen LogP contribution >= 0.6 is 0 Å². The fourth-order valence-corrected chi connectivity index (χ4v) is 1.69. The maximum Gasteiger partial charge on any atom is 0.238 e. The molecule has 5 nitrogen and oxygen atoms in total. The van der Waals surface area contributed by atoms with E-state index >= 15 is 0 Å². The van der Waals surface area contributed by atoms with Gasteiger partial charge in [0.05, 0.1) is 0 Å². The molecule has 3 N–H and O–H groups in total. The number of hydrogen-bond acceptors (Lipinski definition) is 4. The van der Waals surface area contributed by atoms with Crippen LogP contribution in [0.4, 0.5) is 5.69 Å². The SMILES string of the molecule is CC(C(=O)NCc1ccccc1N)S(C)(=O)=O. The first kappa shape index (κ1) is 13.5. The van der Waals surface area contributed by atoms with Crippen LogP contribution in [0.5, 0.6) is 0 Å². The molecule has 0 saturated heterocycles. The smallest absolute Gasteiger partial charge is 0.238 e. The Bertz CT molecular complexity index is 511. The summed E-state index contributed by atoms with van der Waals surface area (Å²) in [6.07, 6.45) is 1.04. The molecule has 1 amide bonds. The van der Waals surface area contributed by atoms with Crippen molar-refractivity contribution in [2.45, 2.75) is 18.7 Å². The van der Waals surface area contributed by atoms with Gasteiger partial charge in [-0.05, 0) is 18.6 Å². The van der Waals surface area contributed by atoms with Crippen molar-refractivity contribution in [3.8, 4) is 0 Å². The van der Waals surface area contributed by atoms with Crippen molar-refractivity contribution in [2.75, 3.05) is 12.0 Å². The van der Waals surface area contributed by atoms with Crippen molar-refractivity contribution in [3.63, 3.8) is 0 Å². The number of nitrogen functional groups attached to an aromatic ring is 1. The summed E-state index contributed by atoms with van der Waals surface area (Å²) >= 11 is 0. The third kappa shape index (κ3) is 3.74. The highest BCUT2D eigenvalue weighted by molar-refractivity contribution is 7.92. The Morgan fingerprint density at radius 2 is 2.00 bits per heavy atom. The maximum atomic E-state index is 11.5. The zero-order valence-corrected chi connectivity index (χ0v) is 10.6. The van der Waals surface area contributed by atoms with Gasteiger partial charge in [0.2, 0.25) is 5.91 Å². The molecule has 0 fully saturated rings. The Balaban J connectivity index is 2.64. The number of carbonyl (C=O) groups is 1. The van der Waals surface area contributed by atoms with E-state index < -0.39 is 21.0 Å². The van der Waals surface area contributed by atoms with Gasteiger partial charge in [0, 0.05) is 18.5 Å². The van der Waals surface area contributed by atoms with Crippen molar-refractivity contribution in [3.05, 3.63) is 29.8 Å². The molecular weight excluding hydrogens is 240 g/mol. The van der Waals surface area contributed by atoms with Gasteiger partial charge < -0.3 is 11.1 Å². The molecule has 0 aromatic heterocycles. The standard InChI is InChI=1S/C11H16N2O3S/c1-8(17(2,15)16)11(14)13-7-9-5-3-4-6-10(9)12/h3-6,8H,7,12H2,1-2H3,(H,13,14). The van der Waals surface area contributed by atoms with Crippen LogP contribution in [0.1, 0.15) is 12.5 Å². The van der Waals surface area contributed by atoms with Crippen molar-refractivity contribution < 1.29 is 13.2 Å². The molecule has 94 valence electrons. The fraction of sp³-hybridized carbons (Fsp3) is 0.364. The molecule has 0 saturated carbocycles. The summed E-state index contributed by atoms with van der Waals surface area (Å²) in [6, 6.07) is 7.10. The molecule has 0 heterocycles. The van der Waals surface area contributed by atoms with Gasteiger partial charge in [0.1, 0.15) is 5.25 Å². The summed E-state index contributed by atoms with van der Waals surface area (Å²) in [5, 5.41) is 1.50. The second-order valence-electron chi connectivity index (χ2n) is 3.89. The molecule has 17 heavy (non-hydrogen) atoms. The van der Waals surface area contributed by atoms with Crippen molar-refractivity contribution >= 4 is 21.4 Å². The molecule has 1 aromatic rings. The van der Waals surface area contributed by atoms with Crippen LogP contribution in [0, 0.1) is 0 Å². The van der Waals surface area contributed by atoms with Crippen LogP contribution in [0.3, 0.4) is 0 Å². The van der Waals surface area contributed by atoms with Crippen LogP contribution < -0.4 is 11.1 Å². The Morgan fingerprint density at radius 1 is 1.41 bits per heavy atom. The largest absolute Gasteiger partial charge is 0.398 e. The number of hydrogen-bond donors (Lipinski definition) is 2. The number of para-hydroxylation sites is 1. The number of carbonyl (C=O) groups excluding carboxylic acids is 1. The minimum atomic E-state index is -3.36. The lowest BCUT2D eigenvalue weighted by Crippen LogP contribution is -2.37. The van der Waals surface area contributed by atoms with Gasteiger partial charge in [0.25, 0.3) is 0 Å². The average Bonchev–Trinajstić information content (AvgIpc) is 2.25. The highest BCUT2D eigenvalue weighted by Gasteiger charge is 2.22. The van der Waals surface area contributed by atoms with E-state index in [0.29, 0.717) is 5.69 Å². The predicted molar refractivity (Wildman–Crippen MR) is 67.0 cm³/mol. The number of nitrogens with one attached hydrogen (secondary N) is 1.